The van der Waals surface area contributed by atoms with Gasteiger partial charge in [-0.3, -0.25) is 4.79 Å². The van der Waals surface area contributed by atoms with Gasteiger partial charge >= 0.3 is 0 Å². The van der Waals surface area contributed by atoms with Gasteiger partial charge in [0.05, 0.1) is 12.2 Å². The zero-order chi connectivity index (χ0) is 16.4. The fraction of sp³-hybridized carbons (Fsp3) is 0.467. The molecule has 1 aromatic carbocycles. The van der Waals surface area contributed by atoms with Crippen molar-refractivity contribution >= 4 is 17.5 Å². The maximum absolute atomic E-state index is 12.4. The summed E-state index contributed by atoms with van der Waals surface area (Å²) in [5, 5.41) is 12.8. The number of aromatic nitrogens is 4. The van der Waals surface area contributed by atoms with Gasteiger partial charge in [0.2, 0.25) is 11.7 Å². The number of ether oxygens (including phenoxy) is 1. The number of halogens is 1. The second-order valence-electron chi connectivity index (χ2n) is 5.71. The van der Waals surface area contributed by atoms with Crippen LogP contribution in [0.1, 0.15) is 13.8 Å². The number of hydrogen-bond donors (Lipinski definition) is 0. The maximum atomic E-state index is 12.4. The lowest BCUT2D eigenvalue weighted by Gasteiger charge is -2.35. The Morgan fingerprint density at radius 1 is 1.26 bits per heavy atom. The number of carbonyl (C=O) groups excluding carboxylic acids is 1. The Balaban J connectivity index is 1.66. The summed E-state index contributed by atoms with van der Waals surface area (Å²) >= 11 is 5.86. The zero-order valence-corrected chi connectivity index (χ0v) is 13.8. The van der Waals surface area contributed by atoms with Crippen LogP contribution in [0.4, 0.5) is 0 Å². The number of nitrogens with zero attached hydrogens (tertiary/aromatic N) is 5. The average Bonchev–Trinajstić information content (AvgIpc) is 2.95. The smallest absolute Gasteiger partial charge is 0.246 e. The highest BCUT2D eigenvalue weighted by Gasteiger charge is 2.26. The first-order chi connectivity index (χ1) is 11.0. The fourth-order valence-corrected chi connectivity index (χ4v) is 2.75. The Kier molecular flexibility index (Phi) is 4.58. The number of benzene rings is 1. The molecule has 0 N–H and O–H groups in total. The van der Waals surface area contributed by atoms with E-state index in [0.29, 0.717) is 23.9 Å². The largest absolute Gasteiger partial charge is 0.372 e. The van der Waals surface area contributed by atoms with Gasteiger partial charge in [-0.1, -0.05) is 11.6 Å². The van der Waals surface area contributed by atoms with Crippen LogP contribution in [-0.2, 0) is 16.1 Å². The van der Waals surface area contributed by atoms with Crippen LogP contribution in [0, 0.1) is 0 Å². The van der Waals surface area contributed by atoms with Crippen molar-refractivity contribution in [3.8, 4) is 11.4 Å². The van der Waals surface area contributed by atoms with Crippen LogP contribution in [0.2, 0.25) is 5.02 Å². The van der Waals surface area contributed by atoms with Crippen LogP contribution in [0.25, 0.3) is 11.4 Å². The number of rotatable bonds is 3. The summed E-state index contributed by atoms with van der Waals surface area (Å²) in [6.45, 7) is 5.16. The van der Waals surface area contributed by atoms with Crippen LogP contribution in [0.5, 0.6) is 0 Å². The van der Waals surface area contributed by atoms with Crippen molar-refractivity contribution in [3.05, 3.63) is 29.3 Å². The molecule has 1 aliphatic heterocycles. The van der Waals surface area contributed by atoms with Gasteiger partial charge in [-0.2, -0.15) is 4.80 Å². The van der Waals surface area contributed by atoms with Crippen molar-refractivity contribution < 1.29 is 9.53 Å². The third kappa shape index (κ3) is 3.86. The first kappa shape index (κ1) is 15.9. The number of morpholine rings is 1. The number of carbonyl (C=O) groups is 1. The van der Waals surface area contributed by atoms with E-state index < -0.39 is 0 Å². The van der Waals surface area contributed by atoms with Gasteiger partial charge in [-0.25, -0.2) is 0 Å². The summed E-state index contributed by atoms with van der Waals surface area (Å²) < 4.78 is 5.63. The summed E-state index contributed by atoms with van der Waals surface area (Å²) in [7, 11) is 0. The average molecular weight is 336 g/mol. The third-order valence-electron chi connectivity index (χ3n) is 3.60. The predicted molar refractivity (Wildman–Crippen MR) is 84.9 cm³/mol. The van der Waals surface area contributed by atoms with E-state index in [1.807, 2.05) is 26.0 Å². The van der Waals surface area contributed by atoms with Crippen LogP contribution >= 0.6 is 11.6 Å². The minimum absolute atomic E-state index is 0.0351. The van der Waals surface area contributed by atoms with Gasteiger partial charge in [0, 0.05) is 23.7 Å². The Bertz CT molecular complexity index is 677. The van der Waals surface area contributed by atoms with Gasteiger partial charge in [0.25, 0.3) is 0 Å². The Morgan fingerprint density at radius 3 is 2.57 bits per heavy atom. The number of amides is 1. The first-order valence-corrected chi connectivity index (χ1v) is 7.86. The lowest BCUT2D eigenvalue weighted by atomic mass is 10.2. The molecule has 3 rings (SSSR count). The molecule has 0 radical (unpaired) electrons. The molecule has 8 heteroatoms. The van der Waals surface area contributed by atoms with Gasteiger partial charge in [0.1, 0.15) is 6.54 Å². The van der Waals surface area contributed by atoms with Crippen molar-refractivity contribution in [2.24, 2.45) is 0 Å². The lowest BCUT2D eigenvalue weighted by molar-refractivity contribution is -0.144. The van der Waals surface area contributed by atoms with Gasteiger partial charge in [0.15, 0.2) is 0 Å². The van der Waals surface area contributed by atoms with E-state index in [0.717, 1.165) is 5.56 Å². The van der Waals surface area contributed by atoms with Crippen molar-refractivity contribution in [3.63, 3.8) is 0 Å². The molecule has 2 atom stereocenters. The third-order valence-corrected chi connectivity index (χ3v) is 3.86. The quantitative estimate of drug-likeness (QED) is 0.852. The molecule has 122 valence electrons. The van der Waals surface area contributed by atoms with Crippen molar-refractivity contribution in [1.82, 2.24) is 25.1 Å². The molecule has 1 amide bonds. The summed E-state index contributed by atoms with van der Waals surface area (Å²) in [5.74, 6) is 0.435. The first-order valence-electron chi connectivity index (χ1n) is 7.48. The summed E-state index contributed by atoms with van der Waals surface area (Å²) in [6.07, 6.45) is 0.0760. The Hall–Kier alpha value is -1.99. The molecule has 23 heavy (non-hydrogen) atoms. The van der Waals surface area contributed by atoms with Crippen LogP contribution in [-0.4, -0.2) is 56.3 Å². The van der Waals surface area contributed by atoms with Gasteiger partial charge in [-0.15, -0.1) is 10.2 Å². The fourth-order valence-electron chi connectivity index (χ4n) is 2.63. The molecular weight excluding hydrogens is 318 g/mol. The minimum atomic E-state index is -0.0351. The highest BCUT2D eigenvalue weighted by Crippen LogP contribution is 2.17. The summed E-state index contributed by atoms with van der Waals surface area (Å²) in [5.41, 5.74) is 0.807. The SMILES string of the molecule is C[C@@H]1CN(C(=O)Cn2nnc(-c3ccc(Cl)cc3)n2)C[C@H](C)O1. The number of hydrogen-bond acceptors (Lipinski definition) is 5. The molecule has 0 unspecified atom stereocenters. The van der Waals surface area contributed by atoms with Gasteiger partial charge < -0.3 is 9.64 Å². The van der Waals surface area contributed by atoms with E-state index in [1.54, 1.807) is 17.0 Å². The van der Waals surface area contributed by atoms with E-state index in [9.17, 15) is 4.79 Å². The van der Waals surface area contributed by atoms with Gasteiger partial charge in [-0.05, 0) is 43.3 Å². The molecule has 2 heterocycles. The normalized spacial score (nSPS) is 21.4. The molecule has 1 aromatic heterocycles. The predicted octanol–water partition coefficient (Wildman–Crippen LogP) is 1.63. The highest BCUT2D eigenvalue weighted by atomic mass is 35.5. The summed E-state index contributed by atoms with van der Waals surface area (Å²) in [6, 6.07) is 7.16. The van der Waals surface area contributed by atoms with E-state index in [-0.39, 0.29) is 24.7 Å². The molecule has 1 fully saturated rings. The van der Waals surface area contributed by atoms with Crippen molar-refractivity contribution in [2.45, 2.75) is 32.6 Å². The molecule has 2 aromatic rings. The van der Waals surface area contributed by atoms with Crippen LogP contribution in [0.3, 0.4) is 0 Å². The monoisotopic (exact) mass is 335 g/mol. The molecule has 7 nitrogen and oxygen atoms in total. The topological polar surface area (TPSA) is 73.1 Å². The number of tetrazole rings is 1. The Labute approximate surface area is 139 Å². The van der Waals surface area contributed by atoms with E-state index in [2.05, 4.69) is 15.4 Å². The molecule has 0 saturated carbocycles. The molecule has 0 aliphatic carbocycles. The standard InChI is InChI=1S/C15H18ClN5O2/c1-10-7-20(8-11(2)23-10)14(22)9-21-18-15(17-19-21)12-3-5-13(16)6-4-12/h3-6,10-11H,7-9H2,1-2H3/t10-,11+. The van der Waals surface area contributed by atoms with E-state index in [4.69, 9.17) is 16.3 Å². The second kappa shape index (κ2) is 6.64. The molecule has 0 bridgehead atoms. The van der Waals surface area contributed by atoms with Crippen LogP contribution < -0.4 is 0 Å². The Morgan fingerprint density at radius 2 is 1.91 bits per heavy atom. The van der Waals surface area contributed by atoms with Crippen molar-refractivity contribution in [1.29, 1.82) is 0 Å². The second-order valence-corrected chi connectivity index (χ2v) is 6.14. The molecule has 1 saturated heterocycles. The van der Waals surface area contributed by atoms with Crippen molar-refractivity contribution in [2.75, 3.05) is 13.1 Å². The van der Waals surface area contributed by atoms with E-state index >= 15 is 0 Å². The highest BCUT2D eigenvalue weighted by molar-refractivity contribution is 6.30. The molecule has 1 aliphatic rings. The lowest BCUT2D eigenvalue weighted by Crippen LogP contribution is -2.49. The maximum Gasteiger partial charge on any atom is 0.246 e. The molecule has 0 spiro atoms. The minimum Gasteiger partial charge on any atom is -0.372 e. The molecular formula is C15H18ClN5O2. The van der Waals surface area contributed by atoms with E-state index in [1.165, 1.54) is 4.80 Å². The summed E-state index contributed by atoms with van der Waals surface area (Å²) in [4.78, 5) is 15.5. The van der Waals surface area contributed by atoms with Crippen LogP contribution in [0.15, 0.2) is 24.3 Å². The zero-order valence-electron chi connectivity index (χ0n) is 13.0.